The van der Waals surface area contributed by atoms with Crippen molar-refractivity contribution in [2.75, 3.05) is 13.2 Å². The highest BCUT2D eigenvalue weighted by molar-refractivity contribution is 5.27. The number of hydrogen-bond donors (Lipinski definition) is 2. The van der Waals surface area contributed by atoms with E-state index in [2.05, 4.69) is 10.6 Å². The SMILES string of the molecule is O=c1c(F)cccn1CC1(c2ccc(F)cc2)CNCN1. The van der Waals surface area contributed by atoms with Gasteiger partial charge in [0.25, 0.3) is 5.56 Å². The Labute approximate surface area is 120 Å². The lowest BCUT2D eigenvalue weighted by Crippen LogP contribution is -2.45. The Morgan fingerprint density at radius 3 is 2.62 bits per heavy atom. The Bertz CT molecular complexity index is 691. The van der Waals surface area contributed by atoms with Crippen LogP contribution in [0.4, 0.5) is 8.78 Å². The van der Waals surface area contributed by atoms with Crippen LogP contribution in [0.2, 0.25) is 0 Å². The van der Waals surface area contributed by atoms with Gasteiger partial charge in [0.05, 0.1) is 5.54 Å². The minimum absolute atomic E-state index is 0.266. The second-order valence-corrected chi connectivity index (χ2v) is 5.16. The van der Waals surface area contributed by atoms with Crippen molar-refractivity contribution in [2.45, 2.75) is 12.1 Å². The summed E-state index contributed by atoms with van der Waals surface area (Å²) in [4.78, 5) is 11.9. The fourth-order valence-electron chi connectivity index (χ4n) is 2.67. The first-order chi connectivity index (χ1) is 10.1. The second-order valence-electron chi connectivity index (χ2n) is 5.16. The van der Waals surface area contributed by atoms with Crippen molar-refractivity contribution in [3.63, 3.8) is 0 Å². The molecule has 2 N–H and O–H groups in total. The van der Waals surface area contributed by atoms with Gasteiger partial charge in [-0.25, -0.2) is 8.78 Å². The molecule has 0 saturated carbocycles. The quantitative estimate of drug-likeness (QED) is 0.892. The Morgan fingerprint density at radius 2 is 1.95 bits per heavy atom. The van der Waals surface area contributed by atoms with Crippen molar-refractivity contribution in [1.29, 1.82) is 0 Å². The first-order valence-electron chi connectivity index (χ1n) is 6.67. The summed E-state index contributed by atoms with van der Waals surface area (Å²) in [7, 11) is 0. The number of nitrogens with one attached hydrogen (secondary N) is 2. The molecule has 1 aromatic carbocycles. The summed E-state index contributed by atoms with van der Waals surface area (Å²) in [6.45, 7) is 1.41. The first-order valence-corrected chi connectivity index (χ1v) is 6.67. The molecule has 4 nitrogen and oxygen atoms in total. The van der Waals surface area contributed by atoms with Gasteiger partial charge >= 0.3 is 0 Å². The molecule has 0 amide bonds. The number of aromatic nitrogens is 1. The minimum atomic E-state index is -0.780. The summed E-state index contributed by atoms with van der Waals surface area (Å²) in [5, 5.41) is 6.45. The van der Waals surface area contributed by atoms with Gasteiger partial charge in [-0.05, 0) is 29.8 Å². The van der Waals surface area contributed by atoms with Gasteiger partial charge in [0.2, 0.25) is 0 Å². The average Bonchev–Trinajstić information content (AvgIpc) is 2.94. The molecule has 6 heteroatoms. The van der Waals surface area contributed by atoms with Crippen LogP contribution in [-0.2, 0) is 12.1 Å². The van der Waals surface area contributed by atoms with Gasteiger partial charge in [0, 0.05) is 26.0 Å². The van der Waals surface area contributed by atoms with Crippen LogP contribution in [0.1, 0.15) is 5.56 Å². The van der Waals surface area contributed by atoms with Gasteiger partial charge in [-0.15, -0.1) is 0 Å². The largest absolute Gasteiger partial charge is 0.311 e. The zero-order valence-corrected chi connectivity index (χ0v) is 11.3. The molecule has 1 aliphatic rings. The maximum absolute atomic E-state index is 13.4. The standard InChI is InChI=1S/C15H15F2N3O/c16-12-5-3-11(4-6-12)15(8-18-10-19-15)9-20-7-1-2-13(17)14(20)21/h1-7,18-19H,8-10H2. The highest BCUT2D eigenvalue weighted by Crippen LogP contribution is 2.25. The molecule has 1 aliphatic heterocycles. The van der Waals surface area contributed by atoms with Crippen LogP contribution in [0.15, 0.2) is 47.4 Å². The van der Waals surface area contributed by atoms with E-state index in [4.69, 9.17) is 0 Å². The molecule has 2 aromatic rings. The summed E-state index contributed by atoms with van der Waals surface area (Å²) >= 11 is 0. The number of nitrogens with zero attached hydrogens (tertiary/aromatic N) is 1. The zero-order chi connectivity index (χ0) is 14.9. The molecule has 1 aromatic heterocycles. The second kappa shape index (κ2) is 5.38. The molecule has 3 rings (SSSR count). The highest BCUT2D eigenvalue weighted by Gasteiger charge is 2.36. The lowest BCUT2D eigenvalue weighted by atomic mass is 9.90. The number of rotatable bonds is 3. The molecular weight excluding hydrogens is 276 g/mol. The molecule has 21 heavy (non-hydrogen) atoms. The van der Waals surface area contributed by atoms with E-state index in [0.717, 1.165) is 11.6 Å². The molecule has 2 heterocycles. The van der Waals surface area contributed by atoms with Crippen molar-refractivity contribution in [3.8, 4) is 0 Å². The van der Waals surface area contributed by atoms with Crippen LogP contribution in [0.3, 0.4) is 0 Å². The Morgan fingerprint density at radius 1 is 1.19 bits per heavy atom. The lowest BCUT2D eigenvalue weighted by molar-refractivity contribution is 0.342. The molecule has 1 fully saturated rings. The monoisotopic (exact) mass is 291 g/mol. The van der Waals surface area contributed by atoms with Crippen molar-refractivity contribution in [1.82, 2.24) is 15.2 Å². The van der Waals surface area contributed by atoms with Crippen molar-refractivity contribution < 1.29 is 8.78 Å². The predicted octanol–water partition coefficient (Wildman–Crippen LogP) is 1.17. The lowest BCUT2D eigenvalue weighted by Gasteiger charge is -2.30. The Hall–Kier alpha value is -2.05. The average molecular weight is 291 g/mol. The van der Waals surface area contributed by atoms with Gasteiger partial charge in [-0.2, -0.15) is 0 Å². The fourth-order valence-corrected chi connectivity index (χ4v) is 2.67. The van der Waals surface area contributed by atoms with Crippen LogP contribution >= 0.6 is 0 Å². The summed E-state index contributed by atoms with van der Waals surface area (Å²) in [6.07, 6.45) is 1.55. The van der Waals surface area contributed by atoms with E-state index >= 15 is 0 Å². The smallest absolute Gasteiger partial charge is 0.286 e. The topological polar surface area (TPSA) is 46.1 Å². The molecular formula is C15H15F2N3O. The van der Waals surface area contributed by atoms with E-state index < -0.39 is 16.9 Å². The van der Waals surface area contributed by atoms with Crippen molar-refractivity contribution in [2.24, 2.45) is 0 Å². The van der Waals surface area contributed by atoms with Gasteiger partial charge in [0.1, 0.15) is 5.82 Å². The van der Waals surface area contributed by atoms with Crippen LogP contribution in [-0.4, -0.2) is 17.8 Å². The fraction of sp³-hybridized carbons (Fsp3) is 0.267. The van der Waals surface area contributed by atoms with E-state index in [-0.39, 0.29) is 12.4 Å². The molecule has 0 aliphatic carbocycles. The van der Waals surface area contributed by atoms with Gasteiger partial charge in [-0.1, -0.05) is 12.1 Å². The number of hydrogen-bond acceptors (Lipinski definition) is 3. The molecule has 1 unspecified atom stereocenters. The molecule has 1 atom stereocenters. The third-order valence-corrected chi connectivity index (χ3v) is 3.79. The minimum Gasteiger partial charge on any atom is -0.311 e. The van der Waals surface area contributed by atoms with Crippen molar-refractivity contribution in [3.05, 3.63) is 70.1 Å². The van der Waals surface area contributed by atoms with Gasteiger partial charge < -0.3 is 9.88 Å². The van der Waals surface area contributed by atoms with E-state index in [1.54, 1.807) is 18.3 Å². The third kappa shape index (κ3) is 2.59. The normalized spacial score (nSPS) is 21.6. The van der Waals surface area contributed by atoms with Crippen molar-refractivity contribution >= 4 is 0 Å². The zero-order valence-electron chi connectivity index (χ0n) is 11.3. The molecule has 0 spiro atoms. The Kier molecular flexibility index (Phi) is 3.57. The Balaban J connectivity index is 2.00. The van der Waals surface area contributed by atoms with Crippen LogP contribution in [0.5, 0.6) is 0 Å². The molecule has 110 valence electrons. The molecule has 1 saturated heterocycles. The highest BCUT2D eigenvalue weighted by atomic mass is 19.1. The van der Waals surface area contributed by atoms with E-state index in [9.17, 15) is 13.6 Å². The van der Waals surface area contributed by atoms with Gasteiger partial charge in [-0.3, -0.25) is 10.1 Å². The summed E-state index contributed by atoms with van der Waals surface area (Å²) < 4.78 is 27.8. The number of pyridine rings is 1. The maximum atomic E-state index is 13.4. The summed E-state index contributed by atoms with van der Waals surface area (Å²) in [6, 6.07) is 8.76. The molecule has 0 bridgehead atoms. The number of benzene rings is 1. The van der Waals surface area contributed by atoms with Crippen LogP contribution in [0, 0.1) is 11.6 Å². The van der Waals surface area contributed by atoms with E-state index in [1.165, 1.54) is 22.8 Å². The maximum Gasteiger partial charge on any atom is 0.286 e. The van der Waals surface area contributed by atoms with Gasteiger partial charge in [0.15, 0.2) is 5.82 Å². The van der Waals surface area contributed by atoms with Crippen LogP contribution < -0.4 is 16.2 Å². The van der Waals surface area contributed by atoms with E-state index in [1.807, 2.05) is 0 Å². The predicted molar refractivity (Wildman–Crippen MR) is 74.7 cm³/mol. The summed E-state index contributed by atoms with van der Waals surface area (Å²) in [5.74, 6) is -1.10. The molecule has 0 radical (unpaired) electrons. The van der Waals surface area contributed by atoms with E-state index in [0.29, 0.717) is 13.2 Å². The summed E-state index contributed by atoms with van der Waals surface area (Å²) in [5.41, 5.74) is -0.372. The van der Waals surface area contributed by atoms with Crippen LogP contribution in [0.25, 0.3) is 0 Å². The first kappa shape index (κ1) is 13.9. The number of halogens is 2. The third-order valence-electron chi connectivity index (χ3n) is 3.79.